The summed E-state index contributed by atoms with van der Waals surface area (Å²) in [5, 5.41) is 5.98. The minimum atomic E-state index is -0.0810. The lowest BCUT2D eigenvalue weighted by molar-refractivity contribution is -0.123. The zero-order chi connectivity index (χ0) is 19.6. The Kier molecular flexibility index (Phi) is 5.03. The van der Waals surface area contributed by atoms with Gasteiger partial charge in [0.2, 0.25) is 5.91 Å². The van der Waals surface area contributed by atoms with Crippen molar-refractivity contribution in [2.75, 3.05) is 18.4 Å². The third-order valence-corrected chi connectivity index (χ3v) is 5.98. The van der Waals surface area contributed by atoms with E-state index in [2.05, 4.69) is 22.5 Å². The Morgan fingerprint density at radius 1 is 1.21 bits per heavy atom. The molecule has 4 rings (SSSR count). The Hall–Kier alpha value is -2.89. The molecule has 2 heterocycles. The summed E-state index contributed by atoms with van der Waals surface area (Å²) in [5.74, 6) is 0.0899. The maximum absolute atomic E-state index is 12.6. The van der Waals surface area contributed by atoms with E-state index < -0.39 is 0 Å². The summed E-state index contributed by atoms with van der Waals surface area (Å²) in [7, 11) is 0. The van der Waals surface area contributed by atoms with Gasteiger partial charge in [-0.15, -0.1) is 0 Å². The van der Waals surface area contributed by atoms with Gasteiger partial charge in [-0.25, -0.2) is 4.79 Å². The number of benzene rings is 1. The van der Waals surface area contributed by atoms with Crippen molar-refractivity contribution in [3.8, 4) is 0 Å². The number of aromatic nitrogens is 1. The van der Waals surface area contributed by atoms with Gasteiger partial charge in [0, 0.05) is 49.0 Å². The molecule has 6 heteroatoms. The van der Waals surface area contributed by atoms with Gasteiger partial charge in [0.25, 0.3) is 0 Å². The highest BCUT2D eigenvalue weighted by atomic mass is 16.2. The van der Waals surface area contributed by atoms with E-state index in [4.69, 9.17) is 0 Å². The number of carbonyl (C=O) groups is 2. The van der Waals surface area contributed by atoms with Crippen LogP contribution in [0.5, 0.6) is 0 Å². The molecule has 0 bridgehead atoms. The molecule has 1 aliphatic carbocycles. The predicted octanol–water partition coefficient (Wildman–Crippen LogP) is 3.20. The summed E-state index contributed by atoms with van der Waals surface area (Å²) in [6, 6.07) is 11.7. The highest BCUT2D eigenvalue weighted by Gasteiger charge is 2.61. The van der Waals surface area contributed by atoms with E-state index in [0.29, 0.717) is 19.6 Å². The molecule has 2 aliphatic rings. The van der Waals surface area contributed by atoms with Gasteiger partial charge in [0.15, 0.2) is 0 Å². The Morgan fingerprint density at radius 2 is 2.04 bits per heavy atom. The molecule has 2 atom stereocenters. The molecule has 146 valence electrons. The number of pyridine rings is 1. The van der Waals surface area contributed by atoms with Crippen LogP contribution in [-0.2, 0) is 17.8 Å². The average molecular weight is 378 g/mol. The molecule has 1 spiro atoms. The number of hydrogen-bond acceptors (Lipinski definition) is 3. The van der Waals surface area contributed by atoms with Gasteiger partial charge in [0.05, 0.1) is 0 Å². The van der Waals surface area contributed by atoms with Crippen LogP contribution in [-0.4, -0.2) is 34.9 Å². The molecule has 2 aromatic rings. The summed E-state index contributed by atoms with van der Waals surface area (Å²) >= 11 is 0. The van der Waals surface area contributed by atoms with Crippen molar-refractivity contribution in [1.82, 2.24) is 15.2 Å². The molecule has 1 saturated carbocycles. The molecule has 2 fully saturated rings. The Labute approximate surface area is 165 Å². The van der Waals surface area contributed by atoms with Crippen molar-refractivity contribution < 1.29 is 9.59 Å². The van der Waals surface area contributed by atoms with Crippen molar-refractivity contribution in [1.29, 1.82) is 0 Å². The largest absolute Gasteiger partial charge is 0.352 e. The molecule has 1 aromatic heterocycles. The van der Waals surface area contributed by atoms with Crippen LogP contribution in [0.3, 0.4) is 0 Å². The van der Waals surface area contributed by atoms with Crippen LogP contribution in [0, 0.1) is 11.3 Å². The molecule has 1 saturated heterocycles. The van der Waals surface area contributed by atoms with E-state index in [-0.39, 0.29) is 23.3 Å². The average Bonchev–Trinajstić information content (AvgIpc) is 3.26. The highest BCUT2D eigenvalue weighted by molar-refractivity contribution is 5.90. The summed E-state index contributed by atoms with van der Waals surface area (Å²) in [6.07, 6.45) is 6.21. The number of rotatable bonds is 5. The quantitative estimate of drug-likeness (QED) is 0.839. The van der Waals surface area contributed by atoms with Crippen LogP contribution >= 0.6 is 0 Å². The van der Waals surface area contributed by atoms with Crippen LogP contribution in [0.25, 0.3) is 0 Å². The van der Waals surface area contributed by atoms with Gasteiger partial charge in [0.1, 0.15) is 0 Å². The van der Waals surface area contributed by atoms with Gasteiger partial charge in [-0.1, -0.05) is 25.1 Å². The number of nitrogens with one attached hydrogen (secondary N) is 2. The minimum Gasteiger partial charge on any atom is -0.352 e. The number of nitrogens with zero attached hydrogens (tertiary/aromatic N) is 2. The maximum atomic E-state index is 12.6. The van der Waals surface area contributed by atoms with Crippen LogP contribution in [0.4, 0.5) is 10.5 Å². The first kappa shape index (κ1) is 18.5. The summed E-state index contributed by atoms with van der Waals surface area (Å²) in [4.78, 5) is 31.0. The number of urea groups is 1. The fraction of sp³-hybridized carbons (Fsp3) is 0.409. The van der Waals surface area contributed by atoms with Crippen molar-refractivity contribution in [2.45, 2.75) is 32.7 Å². The summed E-state index contributed by atoms with van der Waals surface area (Å²) in [6.45, 7) is 3.95. The standard InChI is InChI=1S/C22H26N4O2/c1-2-16-5-7-18(8-6-16)25-21(28)26-11-9-22(15-26)12-19(22)20(27)24-14-17-4-3-10-23-13-17/h3-8,10,13,19H,2,9,11-12,14-15H2,1H3,(H,24,27)(H,25,28)/t19-,22+/m1/s1. The third-order valence-electron chi connectivity index (χ3n) is 5.98. The molecule has 28 heavy (non-hydrogen) atoms. The summed E-state index contributed by atoms with van der Waals surface area (Å²) < 4.78 is 0. The van der Waals surface area contributed by atoms with Crippen molar-refractivity contribution in [3.05, 3.63) is 59.9 Å². The molecule has 2 N–H and O–H groups in total. The van der Waals surface area contributed by atoms with E-state index in [1.54, 1.807) is 12.4 Å². The number of likely N-dealkylation sites (tertiary alicyclic amines) is 1. The van der Waals surface area contributed by atoms with Crippen LogP contribution in [0.2, 0.25) is 0 Å². The predicted molar refractivity (Wildman–Crippen MR) is 108 cm³/mol. The smallest absolute Gasteiger partial charge is 0.321 e. The Morgan fingerprint density at radius 3 is 2.75 bits per heavy atom. The van der Waals surface area contributed by atoms with E-state index in [9.17, 15) is 9.59 Å². The second kappa shape index (κ2) is 7.62. The van der Waals surface area contributed by atoms with E-state index in [0.717, 1.165) is 30.5 Å². The zero-order valence-electron chi connectivity index (χ0n) is 16.1. The molecular weight excluding hydrogens is 352 g/mol. The van der Waals surface area contributed by atoms with E-state index in [1.165, 1.54) is 5.56 Å². The number of carbonyl (C=O) groups excluding carboxylic acids is 2. The molecule has 3 amide bonds. The number of hydrogen-bond donors (Lipinski definition) is 2. The monoisotopic (exact) mass is 378 g/mol. The second-order valence-corrected chi connectivity index (χ2v) is 7.85. The number of anilines is 1. The van der Waals surface area contributed by atoms with Crippen molar-refractivity contribution in [2.24, 2.45) is 11.3 Å². The van der Waals surface area contributed by atoms with Crippen LogP contribution < -0.4 is 10.6 Å². The van der Waals surface area contributed by atoms with Crippen LogP contribution in [0.15, 0.2) is 48.8 Å². The number of aryl methyl sites for hydroxylation is 1. The molecule has 1 aromatic carbocycles. The van der Waals surface area contributed by atoms with Gasteiger partial charge in [-0.05, 0) is 48.6 Å². The van der Waals surface area contributed by atoms with Gasteiger partial charge in [-0.2, -0.15) is 0 Å². The van der Waals surface area contributed by atoms with Gasteiger partial charge >= 0.3 is 6.03 Å². The van der Waals surface area contributed by atoms with Crippen LogP contribution in [0.1, 0.15) is 30.9 Å². The minimum absolute atomic E-state index is 0.00538. The van der Waals surface area contributed by atoms with E-state index in [1.807, 2.05) is 41.3 Å². The zero-order valence-corrected chi connectivity index (χ0v) is 16.1. The third kappa shape index (κ3) is 3.86. The normalized spacial score (nSPS) is 22.9. The first-order valence-corrected chi connectivity index (χ1v) is 9.91. The summed E-state index contributed by atoms with van der Waals surface area (Å²) in [5.41, 5.74) is 3.01. The fourth-order valence-electron chi connectivity index (χ4n) is 4.08. The lowest BCUT2D eigenvalue weighted by atomic mass is 10.0. The van der Waals surface area contributed by atoms with Gasteiger partial charge < -0.3 is 15.5 Å². The maximum Gasteiger partial charge on any atom is 0.321 e. The van der Waals surface area contributed by atoms with Crippen molar-refractivity contribution in [3.63, 3.8) is 0 Å². The molecular formula is C22H26N4O2. The Balaban J connectivity index is 1.27. The SMILES string of the molecule is CCc1ccc(NC(=O)N2CC[C@]3(C[C@@H]3C(=O)NCc3cccnc3)C2)cc1. The fourth-order valence-corrected chi connectivity index (χ4v) is 4.08. The first-order valence-electron chi connectivity index (χ1n) is 9.91. The Bertz CT molecular complexity index is 853. The van der Waals surface area contributed by atoms with Gasteiger partial charge in [-0.3, -0.25) is 9.78 Å². The molecule has 0 radical (unpaired) electrons. The molecule has 0 unspecified atom stereocenters. The first-order chi connectivity index (χ1) is 13.6. The van der Waals surface area contributed by atoms with Crippen molar-refractivity contribution >= 4 is 17.6 Å². The second-order valence-electron chi connectivity index (χ2n) is 7.85. The number of amides is 3. The van der Waals surface area contributed by atoms with E-state index >= 15 is 0 Å². The molecule has 1 aliphatic heterocycles. The molecule has 6 nitrogen and oxygen atoms in total. The highest BCUT2D eigenvalue weighted by Crippen LogP contribution is 2.58. The topological polar surface area (TPSA) is 74.3 Å². The lowest BCUT2D eigenvalue weighted by Crippen LogP contribution is -2.34. The lowest BCUT2D eigenvalue weighted by Gasteiger charge is -2.18.